The van der Waals surface area contributed by atoms with Crippen LogP contribution in [0.15, 0.2) is 24.8 Å². The minimum absolute atomic E-state index is 0.00814. The van der Waals surface area contributed by atoms with Gasteiger partial charge in [0.05, 0.1) is 36.2 Å². The van der Waals surface area contributed by atoms with Gasteiger partial charge in [-0.25, -0.2) is 4.52 Å². The lowest BCUT2D eigenvalue weighted by atomic mass is 10.1. The van der Waals surface area contributed by atoms with E-state index >= 15 is 0 Å². The molecule has 3 heterocycles. The van der Waals surface area contributed by atoms with Crippen LogP contribution in [0.1, 0.15) is 23.2 Å². The second-order valence-electron chi connectivity index (χ2n) is 5.02. The first kappa shape index (κ1) is 14.3. The van der Waals surface area contributed by atoms with E-state index in [4.69, 9.17) is 16.3 Å². The first-order valence-electron chi connectivity index (χ1n) is 7.04. The Morgan fingerprint density at radius 1 is 1.38 bits per heavy atom. The van der Waals surface area contributed by atoms with E-state index in [2.05, 4.69) is 10.1 Å². The number of ether oxygens (including phenoxy) is 1. The topological polar surface area (TPSA) is 59.7 Å². The quantitative estimate of drug-likeness (QED) is 0.805. The summed E-state index contributed by atoms with van der Waals surface area (Å²) in [6, 6.07) is 0. The Balaban J connectivity index is 1.67. The highest BCUT2D eigenvalue weighted by Crippen LogP contribution is 2.18. The van der Waals surface area contributed by atoms with Gasteiger partial charge in [0.15, 0.2) is 0 Å². The van der Waals surface area contributed by atoms with E-state index in [1.807, 2.05) is 4.90 Å². The molecule has 3 rings (SSSR count). The summed E-state index contributed by atoms with van der Waals surface area (Å²) in [7, 11) is 0. The Labute approximate surface area is 127 Å². The maximum Gasteiger partial charge on any atom is 0.257 e. The van der Waals surface area contributed by atoms with Crippen molar-refractivity contribution in [3.63, 3.8) is 0 Å². The molecule has 1 saturated heterocycles. The van der Waals surface area contributed by atoms with E-state index in [9.17, 15) is 4.79 Å². The minimum atomic E-state index is 0.00814. The van der Waals surface area contributed by atoms with E-state index in [0.29, 0.717) is 31.1 Å². The van der Waals surface area contributed by atoms with Crippen molar-refractivity contribution in [2.24, 2.45) is 0 Å². The first-order valence-corrected chi connectivity index (χ1v) is 7.57. The van der Waals surface area contributed by atoms with Gasteiger partial charge >= 0.3 is 0 Å². The number of hydrogen-bond donors (Lipinski definition) is 0. The van der Waals surface area contributed by atoms with Gasteiger partial charge in [0.1, 0.15) is 0 Å². The van der Waals surface area contributed by atoms with Crippen molar-refractivity contribution in [2.45, 2.75) is 18.9 Å². The number of piperidine rings is 1. The molecule has 2 aromatic rings. The summed E-state index contributed by atoms with van der Waals surface area (Å²) in [4.78, 5) is 18.5. The Bertz CT molecular complexity index is 622. The fourth-order valence-corrected chi connectivity index (χ4v) is 2.70. The highest BCUT2D eigenvalue weighted by Gasteiger charge is 2.25. The van der Waals surface area contributed by atoms with Gasteiger partial charge in [0.25, 0.3) is 5.91 Å². The summed E-state index contributed by atoms with van der Waals surface area (Å²) in [5, 5.41) is 4.18. The van der Waals surface area contributed by atoms with Gasteiger partial charge in [-0.15, -0.1) is 11.6 Å². The SMILES string of the molecule is O=C(c1cnn2ccncc12)N1CCC(OCCCl)CC1. The molecule has 0 atom stereocenters. The number of likely N-dealkylation sites (tertiary alicyclic amines) is 1. The molecule has 7 heteroatoms. The average Bonchev–Trinajstić information content (AvgIpc) is 2.97. The van der Waals surface area contributed by atoms with Crippen molar-refractivity contribution in [1.82, 2.24) is 19.5 Å². The normalized spacial score (nSPS) is 16.5. The number of amides is 1. The van der Waals surface area contributed by atoms with Crippen LogP contribution < -0.4 is 0 Å². The third kappa shape index (κ3) is 3.01. The minimum Gasteiger partial charge on any atom is -0.377 e. The molecule has 112 valence electrons. The fraction of sp³-hybridized carbons (Fsp3) is 0.500. The lowest BCUT2D eigenvalue weighted by Gasteiger charge is -2.31. The zero-order valence-electron chi connectivity index (χ0n) is 11.6. The van der Waals surface area contributed by atoms with E-state index in [1.165, 1.54) is 0 Å². The molecular weight excluding hydrogens is 292 g/mol. The molecule has 0 N–H and O–H groups in total. The molecule has 0 aliphatic carbocycles. The van der Waals surface area contributed by atoms with E-state index < -0.39 is 0 Å². The maximum absolute atomic E-state index is 12.6. The predicted molar refractivity (Wildman–Crippen MR) is 78.6 cm³/mol. The average molecular weight is 309 g/mol. The van der Waals surface area contributed by atoms with Crippen LogP contribution in [0.4, 0.5) is 0 Å². The zero-order valence-corrected chi connectivity index (χ0v) is 12.4. The van der Waals surface area contributed by atoms with Gasteiger partial charge < -0.3 is 9.64 Å². The molecule has 21 heavy (non-hydrogen) atoms. The molecule has 0 saturated carbocycles. The number of aromatic nitrogens is 3. The zero-order chi connectivity index (χ0) is 14.7. The molecule has 0 aromatic carbocycles. The highest BCUT2D eigenvalue weighted by molar-refractivity contribution is 6.17. The molecule has 1 aliphatic rings. The van der Waals surface area contributed by atoms with Gasteiger partial charge in [-0.3, -0.25) is 9.78 Å². The monoisotopic (exact) mass is 308 g/mol. The second-order valence-corrected chi connectivity index (χ2v) is 5.39. The summed E-state index contributed by atoms with van der Waals surface area (Å²) in [6.45, 7) is 1.96. The third-order valence-corrected chi connectivity index (χ3v) is 3.87. The third-order valence-electron chi connectivity index (χ3n) is 3.72. The fourth-order valence-electron chi connectivity index (χ4n) is 2.61. The van der Waals surface area contributed by atoms with E-state index in [1.54, 1.807) is 29.3 Å². The largest absolute Gasteiger partial charge is 0.377 e. The Morgan fingerprint density at radius 2 is 2.19 bits per heavy atom. The maximum atomic E-state index is 12.6. The van der Waals surface area contributed by atoms with Crippen LogP contribution in [-0.2, 0) is 4.74 Å². The smallest absolute Gasteiger partial charge is 0.257 e. The van der Waals surface area contributed by atoms with Crippen molar-refractivity contribution in [2.75, 3.05) is 25.6 Å². The molecule has 2 aromatic heterocycles. The highest BCUT2D eigenvalue weighted by atomic mass is 35.5. The number of halogens is 1. The van der Waals surface area contributed by atoms with E-state index in [-0.39, 0.29) is 12.0 Å². The molecule has 0 radical (unpaired) electrons. The number of fused-ring (bicyclic) bond motifs is 1. The summed E-state index contributed by atoms with van der Waals surface area (Å²) < 4.78 is 7.29. The Morgan fingerprint density at radius 3 is 2.95 bits per heavy atom. The lowest BCUT2D eigenvalue weighted by molar-refractivity contribution is 0.0155. The molecule has 1 aliphatic heterocycles. The molecule has 6 nitrogen and oxygen atoms in total. The second kappa shape index (κ2) is 6.41. The van der Waals surface area contributed by atoms with Gasteiger partial charge in [0.2, 0.25) is 0 Å². The van der Waals surface area contributed by atoms with Gasteiger partial charge in [-0.1, -0.05) is 0 Å². The van der Waals surface area contributed by atoms with Crippen LogP contribution in [0.3, 0.4) is 0 Å². The number of rotatable bonds is 4. The summed E-state index contributed by atoms with van der Waals surface area (Å²) in [5.74, 6) is 0.517. The van der Waals surface area contributed by atoms with Crippen LogP contribution in [0, 0.1) is 0 Å². The summed E-state index contributed by atoms with van der Waals surface area (Å²) in [6.07, 6.45) is 8.55. The van der Waals surface area contributed by atoms with Crippen molar-refractivity contribution in [3.8, 4) is 0 Å². The number of carbonyl (C=O) groups excluding carboxylic acids is 1. The molecule has 0 bridgehead atoms. The van der Waals surface area contributed by atoms with Gasteiger partial charge in [-0.2, -0.15) is 5.10 Å². The van der Waals surface area contributed by atoms with Crippen LogP contribution in [-0.4, -0.2) is 57.1 Å². The van der Waals surface area contributed by atoms with Gasteiger partial charge in [0, 0.05) is 31.4 Å². The van der Waals surface area contributed by atoms with Crippen molar-refractivity contribution in [1.29, 1.82) is 0 Å². The molecule has 1 amide bonds. The molecule has 1 fully saturated rings. The molecular formula is C14H17ClN4O2. The van der Waals surface area contributed by atoms with Crippen molar-refractivity contribution < 1.29 is 9.53 Å². The predicted octanol–water partition coefficient (Wildman–Crippen LogP) is 1.59. The lowest BCUT2D eigenvalue weighted by Crippen LogP contribution is -2.41. The Hall–Kier alpha value is -1.66. The number of carbonyl (C=O) groups is 1. The molecule has 0 unspecified atom stereocenters. The molecule has 0 spiro atoms. The standard InChI is InChI=1S/C14H17ClN4O2/c15-3-8-21-11-1-5-18(6-2-11)14(20)12-9-17-19-7-4-16-10-13(12)19/h4,7,9-11H,1-3,5-6,8H2. The first-order chi connectivity index (χ1) is 10.3. The number of hydrogen-bond acceptors (Lipinski definition) is 4. The van der Waals surface area contributed by atoms with Crippen LogP contribution >= 0.6 is 11.6 Å². The Kier molecular flexibility index (Phi) is 4.36. The van der Waals surface area contributed by atoms with Crippen LogP contribution in [0.25, 0.3) is 5.52 Å². The summed E-state index contributed by atoms with van der Waals surface area (Å²) >= 11 is 5.62. The van der Waals surface area contributed by atoms with Crippen LogP contribution in [0.5, 0.6) is 0 Å². The van der Waals surface area contributed by atoms with Crippen molar-refractivity contribution in [3.05, 3.63) is 30.4 Å². The van der Waals surface area contributed by atoms with E-state index in [0.717, 1.165) is 18.4 Å². The summed E-state index contributed by atoms with van der Waals surface area (Å²) in [5.41, 5.74) is 1.34. The van der Waals surface area contributed by atoms with Crippen molar-refractivity contribution >= 4 is 23.0 Å². The van der Waals surface area contributed by atoms with Gasteiger partial charge in [-0.05, 0) is 12.8 Å². The number of nitrogens with zero attached hydrogens (tertiary/aromatic N) is 4. The number of alkyl halides is 1. The van der Waals surface area contributed by atoms with Crippen LogP contribution in [0.2, 0.25) is 0 Å².